The van der Waals surface area contributed by atoms with Crippen LogP contribution in [0.5, 0.6) is 0 Å². The molecule has 35 heavy (non-hydrogen) atoms. The van der Waals surface area contributed by atoms with Gasteiger partial charge in [-0.3, -0.25) is 20.4 Å². The Morgan fingerprint density at radius 2 is 1.37 bits per heavy atom. The highest BCUT2D eigenvalue weighted by Gasteiger charge is 2.37. The topological polar surface area (TPSA) is 70.2 Å². The zero-order chi connectivity index (χ0) is 25.9. The molecule has 0 aliphatic heterocycles. The maximum absolute atomic E-state index is 13.2. The van der Waals surface area contributed by atoms with Crippen molar-refractivity contribution >= 4 is 104 Å². The number of benzene rings is 3. The molecule has 184 valence electrons. The van der Waals surface area contributed by atoms with Gasteiger partial charge in [0.25, 0.3) is 5.91 Å². The van der Waals surface area contributed by atoms with Gasteiger partial charge in [0.2, 0.25) is 5.91 Å². The molecule has 0 spiro atoms. The highest BCUT2D eigenvalue weighted by Crippen LogP contribution is 2.40. The molecule has 1 atom stereocenters. The van der Waals surface area contributed by atoms with Crippen LogP contribution >= 0.6 is 81.2 Å². The molecule has 1 unspecified atom stereocenters. The van der Waals surface area contributed by atoms with Gasteiger partial charge in [0.1, 0.15) is 4.33 Å². The number of anilines is 2. The van der Waals surface area contributed by atoms with E-state index >= 15 is 0 Å². The highest BCUT2D eigenvalue weighted by molar-refractivity contribution is 6.50. The molecule has 0 aliphatic rings. The lowest BCUT2D eigenvalue weighted by Crippen LogP contribution is -2.33. The number of nitrogens with one attached hydrogen (secondary N) is 3. The molecule has 0 aromatic heterocycles. The Morgan fingerprint density at radius 1 is 0.771 bits per heavy atom. The maximum atomic E-state index is 13.2. The normalized spacial score (nSPS) is 12.1. The summed E-state index contributed by atoms with van der Waals surface area (Å²) in [5.74, 6) is -2.14. The quantitative estimate of drug-likeness (QED) is 0.184. The van der Waals surface area contributed by atoms with E-state index in [1.165, 1.54) is 31.2 Å². The molecule has 0 heterocycles. The summed E-state index contributed by atoms with van der Waals surface area (Å²) >= 11 is 42.9. The third kappa shape index (κ3) is 7.46. The Kier molecular flexibility index (Phi) is 9.33. The first-order valence-corrected chi connectivity index (χ1v) is 12.5. The van der Waals surface area contributed by atoms with E-state index < -0.39 is 22.1 Å². The van der Waals surface area contributed by atoms with Gasteiger partial charge in [0.15, 0.2) is 0 Å². The van der Waals surface area contributed by atoms with Crippen molar-refractivity contribution in [2.24, 2.45) is 0 Å². The number of carbonyl (C=O) groups is 2. The van der Waals surface area contributed by atoms with E-state index in [-0.39, 0.29) is 16.3 Å². The lowest BCUT2D eigenvalue weighted by atomic mass is 9.94. The van der Waals surface area contributed by atoms with E-state index in [0.29, 0.717) is 31.3 Å². The third-order valence-corrected chi connectivity index (χ3v) is 6.65. The minimum Gasteiger partial charge on any atom is -0.325 e. The number of hydrazine groups is 1. The second-order valence-electron chi connectivity index (χ2n) is 7.48. The summed E-state index contributed by atoms with van der Waals surface area (Å²) in [6.45, 7) is 1.48. The number of halogens is 7. The number of hydrogen-bond donors (Lipinski definition) is 3. The van der Waals surface area contributed by atoms with Crippen molar-refractivity contribution in [3.05, 3.63) is 90.8 Å². The van der Waals surface area contributed by atoms with Crippen molar-refractivity contribution in [2.45, 2.75) is 17.2 Å². The third-order valence-electron chi connectivity index (χ3n) is 4.71. The van der Waals surface area contributed by atoms with Gasteiger partial charge in [0, 0.05) is 15.7 Å². The van der Waals surface area contributed by atoms with Gasteiger partial charge in [-0.15, -0.1) is 23.2 Å². The van der Waals surface area contributed by atoms with Crippen molar-refractivity contribution in [1.82, 2.24) is 5.43 Å². The van der Waals surface area contributed by atoms with Crippen LogP contribution in [-0.4, -0.2) is 16.1 Å². The first-order chi connectivity index (χ1) is 16.3. The first kappa shape index (κ1) is 28.0. The van der Waals surface area contributed by atoms with Gasteiger partial charge in [0.05, 0.1) is 32.2 Å². The molecule has 0 bridgehead atoms. The Hall–Kier alpha value is -1.57. The summed E-state index contributed by atoms with van der Waals surface area (Å²) in [5.41, 5.74) is 6.53. The largest absolute Gasteiger partial charge is 0.325 e. The summed E-state index contributed by atoms with van der Waals surface area (Å²) in [7, 11) is 0. The van der Waals surface area contributed by atoms with Crippen molar-refractivity contribution in [3.63, 3.8) is 0 Å². The van der Waals surface area contributed by atoms with E-state index in [1.54, 1.807) is 30.3 Å². The van der Waals surface area contributed by atoms with Gasteiger partial charge in [-0.05, 0) is 67.1 Å². The van der Waals surface area contributed by atoms with E-state index in [2.05, 4.69) is 16.2 Å². The maximum Gasteiger partial charge on any atom is 0.271 e. The van der Waals surface area contributed by atoms with Gasteiger partial charge < -0.3 is 5.32 Å². The SMILES string of the molecule is CC(Cl)(Cl)C(C(=O)Nc1ccc(Cl)c(C(=O)NNc2ccc(Cl)c(Cl)c2)c1)c1cc(Cl)cc(Cl)c1. The Labute approximate surface area is 236 Å². The van der Waals surface area contributed by atoms with Gasteiger partial charge >= 0.3 is 0 Å². The van der Waals surface area contributed by atoms with E-state index in [4.69, 9.17) is 81.2 Å². The summed E-state index contributed by atoms with van der Waals surface area (Å²) in [5, 5.41) is 4.20. The molecule has 5 nitrogen and oxygen atoms in total. The molecule has 0 saturated heterocycles. The Balaban J connectivity index is 1.80. The number of amides is 2. The molecule has 0 aliphatic carbocycles. The standard InChI is InChI=1S/C23H16Cl7N3O2/c1-23(29,30)20(11-6-12(24)8-13(25)7-11)22(35)31-14-2-4-17(26)16(9-14)21(34)33-32-15-3-5-18(27)19(28)10-15/h2-10,20,32H,1H3,(H,31,35)(H,33,34). The average molecular weight is 615 g/mol. The van der Waals surface area contributed by atoms with Crippen molar-refractivity contribution < 1.29 is 9.59 Å². The molecule has 0 fully saturated rings. The van der Waals surface area contributed by atoms with Crippen LogP contribution in [0.3, 0.4) is 0 Å². The molecule has 0 saturated carbocycles. The smallest absolute Gasteiger partial charge is 0.271 e. The molecular formula is C23H16Cl7N3O2. The number of rotatable bonds is 7. The van der Waals surface area contributed by atoms with Crippen LogP contribution in [0.25, 0.3) is 0 Å². The van der Waals surface area contributed by atoms with Gasteiger partial charge in [-0.25, -0.2) is 0 Å². The minimum atomic E-state index is -1.51. The molecular weight excluding hydrogens is 598 g/mol. The molecule has 0 radical (unpaired) electrons. The second-order valence-corrected chi connectivity index (χ2v) is 11.3. The van der Waals surface area contributed by atoms with Crippen LogP contribution in [0.15, 0.2) is 54.6 Å². The van der Waals surface area contributed by atoms with Crippen LogP contribution in [0.4, 0.5) is 11.4 Å². The van der Waals surface area contributed by atoms with Crippen LogP contribution in [0.2, 0.25) is 25.1 Å². The predicted octanol–water partition coefficient (Wildman–Crippen LogP) is 8.63. The second kappa shape index (κ2) is 11.7. The molecule has 12 heteroatoms. The number of alkyl halides is 2. The predicted molar refractivity (Wildman–Crippen MR) is 147 cm³/mol. The van der Waals surface area contributed by atoms with Crippen LogP contribution in [0, 0.1) is 0 Å². The summed E-state index contributed by atoms with van der Waals surface area (Å²) in [4.78, 5) is 25.9. The van der Waals surface area contributed by atoms with Gasteiger partial charge in [-0.1, -0.05) is 58.0 Å². The first-order valence-electron chi connectivity index (χ1n) is 9.81. The lowest BCUT2D eigenvalue weighted by molar-refractivity contribution is -0.117. The fourth-order valence-corrected chi connectivity index (χ4v) is 4.67. The lowest BCUT2D eigenvalue weighted by Gasteiger charge is -2.26. The van der Waals surface area contributed by atoms with E-state index in [9.17, 15) is 9.59 Å². The van der Waals surface area contributed by atoms with Crippen molar-refractivity contribution in [3.8, 4) is 0 Å². The Bertz CT molecular complexity index is 1260. The van der Waals surface area contributed by atoms with Gasteiger partial charge in [-0.2, -0.15) is 0 Å². The molecule has 3 N–H and O–H groups in total. The van der Waals surface area contributed by atoms with Crippen LogP contribution < -0.4 is 16.2 Å². The number of hydrogen-bond acceptors (Lipinski definition) is 3. The van der Waals surface area contributed by atoms with Crippen molar-refractivity contribution in [1.29, 1.82) is 0 Å². The fraction of sp³-hybridized carbons (Fsp3) is 0.130. The average Bonchev–Trinajstić information content (AvgIpc) is 2.74. The molecule has 3 aromatic carbocycles. The summed E-state index contributed by atoms with van der Waals surface area (Å²) in [6, 6.07) is 13.8. The van der Waals surface area contributed by atoms with E-state index in [0.717, 1.165) is 0 Å². The molecule has 3 aromatic rings. The molecule has 2 amide bonds. The highest BCUT2D eigenvalue weighted by atomic mass is 35.5. The fourth-order valence-electron chi connectivity index (χ4n) is 3.18. The molecule has 3 rings (SSSR count). The van der Waals surface area contributed by atoms with Crippen LogP contribution in [-0.2, 0) is 4.79 Å². The Morgan fingerprint density at radius 3 is 1.97 bits per heavy atom. The zero-order valence-electron chi connectivity index (χ0n) is 17.7. The van der Waals surface area contributed by atoms with Crippen LogP contribution in [0.1, 0.15) is 28.8 Å². The summed E-state index contributed by atoms with van der Waals surface area (Å²) < 4.78 is -1.51. The minimum absolute atomic E-state index is 0.0962. The monoisotopic (exact) mass is 611 g/mol. The van der Waals surface area contributed by atoms with Crippen molar-refractivity contribution in [2.75, 3.05) is 10.7 Å². The van der Waals surface area contributed by atoms with E-state index in [1.807, 2.05) is 0 Å². The zero-order valence-corrected chi connectivity index (χ0v) is 23.0. The number of carbonyl (C=O) groups excluding carboxylic acids is 2. The summed E-state index contributed by atoms with van der Waals surface area (Å²) in [6.07, 6.45) is 0.